The van der Waals surface area contributed by atoms with E-state index in [9.17, 15) is 0 Å². The average molecular weight is 264 g/mol. The zero-order valence-corrected chi connectivity index (χ0v) is 10.5. The summed E-state index contributed by atoms with van der Waals surface area (Å²) in [5.74, 6) is 0.576. The minimum atomic E-state index is -0.283. The van der Waals surface area contributed by atoms with Crippen LogP contribution in [-0.4, -0.2) is 11.1 Å². The third kappa shape index (κ3) is 3.86. The molecule has 0 spiro atoms. The molecule has 5 heteroatoms. The van der Waals surface area contributed by atoms with Gasteiger partial charge in [-0.2, -0.15) is 0 Å². The summed E-state index contributed by atoms with van der Waals surface area (Å²) in [7, 11) is 0. The molecule has 0 amide bonds. The third-order valence-electron chi connectivity index (χ3n) is 1.80. The molecule has 0 bridgehead atoms. The van der Waals surface area contributed by atoms with E-state index < -0.39 is 0 Å². The van der Waals surface area contributed by atoms with Crippen LogP contribution in [0.4, 0.5) is 0 Å². The van der Waals surface area contributed by atoms with Crippen LogP contribution in [0, 0.1) is 0 Å². The number of nitrogens with two attached hydrogens (primary N) is 1. The van der Waals surface area contributed by atoms with E-state index in [-0.39, 0.29) is 6.10 Å². The molecular weight excluding hydrogens is 253 g/mol. The molecule has 1 aromatic carbocycles. The highest BCUT2D eigenvalue weighted by atomic mass is 35.5. The lowest BCUT2D eigenvalue weighted by Gasteiger charge is -2.16. The Hall–Kier alpha value is -0.510. The Morgan fingerprint density at radius 2 is 1.93 bits per heavy atom. The summed E-state index contributed by atoms with van der Waals surface area (Å²) < 4.78 is 5.55. The minimum absolute atomic E-state index is 0.283. The second kappa shape index (κ2) is 5.54. The van der Waals surface area contributed by atoms with Gasteiger partial charge in [-0.1, -0.05) is 42.3 Å². The molecule has 0 aliphatic heterocycles. The summed E-state index contributed by atoms with van der Waals surface area (Å²) in [6.07, 6.45) is 0.425. The molecule has 1 aromatic rings. The summed E-state index contributed by atoms with van der Waals surface area (Å²) in [4.78, 5) is 0.327. The van der Waals surface area contributed by atoms with Crippen molar-refractivity contribution >= 4 is 40.4 Å². The fourth-order valence-corrected chi connectivity index (χ4v) is 1.82. The van der Waals surface area contributed by atoms with Gasteiger partial charge >= 0.3 is 0 Å². The molecule has 82 valence electrons. The molecule has 1 rings (SSSR count). The molecule has 0 saturated heterocycles. The molecule has 0 radical (unpaired) electrons. The Morgan fingerprint density at radius 1 is 1.40 bits per heavy atom. The van der Waals surface area contributed by atoms with Crippen LogP contribution in [0.2, 0.25) is 10.0 Å². The first-order valence-corrected chi connectivity index (χ1v) is 5.61. The van der Waals surface area contributed by atoms with Crippen molar-refractivity contribution in [2.24, 2.45) is 5.73 Å². The van der Waals surface area contributed by atoms with Crippen molar-refractivity contribution in [1.82, 2.24) is 0 Å². The fraction of sp³-hybridized carbons (Fsp3) is 0.300. The van der Waals surface area contributed by atoms with Crippen LogP contribution in [0.5, 0.6) is 5.75 Å². The van der Waals surface area contributed by atoms with Gasteiger partial charge in [0.1, 0.15) is 16.8 Å². The zero-order chi connectivity index (χ0) is 11.4. The van der Waals surface area contributed by atoms with Gasteiger partial charge in [0.05, 0.1) is 0 Å². The van der Waals surface area contributed by atoms with Gasteiger partial charge in [0.15, 0.2) is 0 Å². The van der Waals surface area contributed by atoms with E-state index in [2.05, 4.69) is 0 Å². The van der Waals surface area contributed by atoms with Gasteiger partial charge in [-0.05, 0) is 24.6 Å². The van der Waals surface area contributed by atoms with E-state index in [1.807, 2.05) is 6.92 Å². The molecule has 2 N–H and O–H groups in total. The van der Waals surface area contributed by atoms with Gasteiger partial charge in [-0.25, -0.2) is 0 Å². The van der Waals surface area contributed by atoms with Crippen molar-refractivity contribution in [3.8, 4) is 5.75 Å². The van der Waals surface area contributed by atoms with Gasteiger partial charge in [0.25, 0.3) is 0 Å². The Labute approximate surface area is 104 Å². The highest BCUT2D eigenvalue weighted by Crippen LogP contribution is 2.25. The summed E-state index contributed by atoms with van der Waals surface area (Å²) in [5, 5.41) is 1.05. The van der Waals surface area contributed by atoms with Crippen LogP contribution in [0.25, 0.3) is 0 Å². The molecule has 0 saturated carbocycles. The van der Waals surface area contributed by atoms with Crippen molar-refractivity contribution in [2.45, 2.75) is 19.4 Å². The van der Waals surface area contributed by atoms with Gasteiger partial charge in [0, 0.05) is 10.0 Å². The first kappa shape index (κ1) is 12.6. The van der Waals surface area contributed by atoms with Crippen LogP contribution in [0.3, 0.4) is 0 Å². The highest BCUT2D eigenvalue weighted by Gasteiger charge is 2.11. The molecule has 0 fully saturated rings. The monoisotopic (exact) mass is 263 g/mol. The molecule has 0 heterocycles. The highest BCUT2D eigenvalue weighted by molar-refractivity contribution is 7.80. The van der Waals surface area contributed by atoms with E-state index in [1.165, 1.54) is 0 Å². The largest absolute Gasteiger partial charge is 0.483 e. The molecule has 2 nitrogen and oxygen atoms in total. The van der Waals surface area contributed by atoms with E-state index in [1.54, 1.807) is 18.2 Å². The molecule has 0 aliphatic carbocycles. The average Bonchev–Trinajstić information content (AvgIpc) is 2.12. The first-order chi connectivity index (χ1) is 7.02. The van der Waals surface area contributed by atoms with Gasteiger partial charge in [-0.3, -0.25) is 0 Å². The Balaban J connectivity index is 2.83. The van der Waals surface area contributed by atoms with E-state index in [0.29, 0.717) is 27.2 Å². The summed E-state index contributed by atoms with van der Waals surface area (Å²) in [6, 6.07) is 4.99. The number of thiocarbonyl (C=S) groups is 1. The normalized spacial score (nSPS) is 12.2. The second-order valence-corrected chi connectivity index (χ2v) is 4.37. The molecule has 0 aromatic heterocycles. The SMILES string of the molecule is CCC(Oc1cc(Cl)cc(Cl)c1)C(N)=S. The summed E-state index contributed by atoms with van der Waals surface area (Å²) in [5.41, 5.74) is 5.51. The quantitative estimate of drug-likeness (QED) is 0.846. The number of hydrogen-bond donors (Lipinski definition) is 1. The van der Waals surface area contributed by atoms with Crippen molar-refractivity contribution in [1.29, 1.82) is 0 Å². The Bertz CT molecular complexity index is 350. The maximum Gasteiger partial charge on any atom is 0.148 e. The van der Waals surface area contributed by atoms with E-state index in [0.717, 1.165) is 0 Å². The van der Waals surface area contributed by atoms with E-state index in [4.69, 9.17) is 45.9 Å². The minimum Gasteiger partial charge on any atom is -0.483 e. The summed E-state index contributed by atoms with van der Waals surface area (Å²) >= 11 is 16.5. The Kier molecular flexibility index (Phi) is 4.64. The van der Waals surface area contributed by atoms with E-state index >= 15 is 0 Å². The molecule has 1 atom stereocenters. The smallest absolute Gasteiger partial charge is 0.148 e. The topological polar surface area (TPSA) is 35.2 Å². The maximum atomic E-state index is 5.83. The van der Waals surface area contributed by atoms with Crippen molar-refractivity contribution in [2.75, 3.05) is 0 Å². The van der Waals surface area contributed by atoms with Crippen LogP contribution >= 0.6 is 35.4 Å². The number of rotatable bonds is 4. The molecule has 0 aliphatic rings. The standard InChI is InChI=1S/C10H11Cl2NOS/c1-2-9(10(13)15)14-8-4-6(11)3-7(12)5-8/h3-5,9H,2H2,1H3,(H2,13,15). The van der Waals surface area contributed by atoms with Crippen LogP contribution in [-0.2, 0) is 0 Å². The predicted octanol–water partition coefficient (Wildman–Crippen LogP) is 3.44. The lowest BCUT2D eigenvalue weighted by Crippen LogP contribution is -2.31. The van der Waals surface area contributed by atoms with Crippen LogP contribution in [0.1, 0.15) is 13.3 Å². The van der Waals surface area contributed by atoms with Crippen molar-refractivity contribution < 1.29 is 4.74 Å². The number of halogens is 2. The fourth-order valence-electron chi connectivity index (χ4n) is 1.10. The van der Waals surface area contributed by atoms with Gasteiger partial charge in [0.2, 0.25) is 0 Å². The maximum absolute atomic E-state index is 5.83. The lowest BCUT2D eigenvalue weighted by atomic mass is 10.2. The van der Waals surface area contributed by atoms with Crippen molar-refractivity contribution in [3.63, 3.8) is 0 Å². The lowest BCUT2D eigenvalue weighted by molar-refractivity contribution is 0.264. The first-order valence-electron chi connectivity index (χ1n) is 4.45. The third-order valence-corrected chi connectivity index (χ3v) is 2.50. The zero-order valence-electron chi connectivity index (χ0n) is 8.17. The van der Waals surface area contributed by atoms with Crippen molar-refractivity contribution in [3.05, 3.63) is 28.2 Å². The van der Waals surface area contributed by atoms with Gasteiger partial charge in [-0.15, -0.1) is 0 Å². The second-order valence-electron chi connectivity index (χ2n) is 3.02. The number of benzene rings is 1. The molecule has 15 heavy (non-hydrogen) atoms. The number of ether oxygens (including phenoxy) is 1. The van der Waals surface area contributed by atoms with Crippen LogP contribution in [0.15, 0.2) is 18.2 Å². The predicted molar refractivity (Wildman–Crippen MR) is 68.0 cm³/mol. The summed E-state index contributed by atoms with van der Waals surface area (Å²) in [6.45, 7) is 1.94. The number of hydrogen-bond acceptors (Lipinski definition) is 2. The molecule has 1 unspecified atom stereocenters. The Morgan fingerprint density at radius 3 is 2.33 bits per heavy atom. The van der Waals surface area contributed by atoms with Crippen LogP contribution < -0.4 is 10.5 Å². The van der Waals surface area contributed by atoms with Gasteiger partial charge < -0.3 is 10.5 Å². The molecular formula is C10H11Cl2NOS.